The smallest absolute Gasteiger partial charge is 0.354 e. The van der Waals surface area contributed by atoms with Gasteiger partial charge < -0.3 is 14.8 Å². The van der Waals surface area contributed by atoms with Gasteiger partial charge in [0.2, 0.25) is 0 Å². The number of benzene rings is 2. The van der Waals surface area contributed by atoms with Crippen LogP contribution in [-0.2, 0) is 19.1 Å². The number of carbonyl (C=O) groups excluding carboxylic acids is 2. The number of hydrogen-bond donors (Lipinski definition) is 1. The molecule has 5 heteroatoms. The van der Waals surface area contributed by atoms with Gasteiger partial charge in [-0.15, -0.1) is 0 Å². The summed E-state index contributed by atoms with van der Waals surface area (Å²) in [6, 6.07) is 13.8. The zero-order valence-corrected chi connectivity index (χ0v) is 14.8. The molecule has 0 saturated heterocycles. The molecule has 0 aliphatic rings. The molecule has 25 heavy (non-hydrogen) atoms. The van der Waals surface area contributed by atoms with Crippen LogP contribution in [-0.4, -0.2) is 26.2 Å². The van der Waals surface area contributed by atoms with Gasteiger partial charge in [0, 0.05) is 5.69 Å². The Labute approximate surface area is 147 Å². The van der Waals surface area contributed by atoms with Crippen molar-refractivity contribution in [3.63, 3.8) is 0 Å². The van der Waals surface area contributed by atoms with Crippen LogP contribution < -0.4 is 5.32 Å². The minimum Gasteiger partial charge on any atom is -0.466 e. The minimum atomic E-state index is -0.649. The highest BCUT2D eigenvalue weighted by Gasteiger charge is 2.12. The second-order valence-corrected chi connectivity index (χ2v) is 5.57. The fourth-order valence-corrected chi connectivity index (χ4v) is 2.26. The van der Waals surface area contributed by atoms with E-state index in [9.17, 15) is 9.59 Å². The molecule has 5 nitrogen and oxygen atoms in total. The average molecular weight is 339 g/mol. The highest BCUT2D eigenvalue weighted by molar-refractivity contribution is 5.98. The van der Waals surface area contributed by atoms with Crippen molar-refractivity contribution >= 4 is 17.6 Å². The Morgan fingerprint density at radius 3 is 2.08 bits per heavy atom. The lowest BCUT2D eigenvalue weighted by atomic mass is 10.0. The average Bonchev–Trinajstić information content (AvgIpc) is 2.63. The highest BCUT2D eigenvalue weighted by atomic mass is 16.5. The fraction of sp³-hybridized carbons (Fsp3) is 0.200. The first-order valence-electron chi connectivity index (χ1n) is 7.77. The van der Waals surface area contributed by atoms with E-state index in [0.717, 1.165) is 17.2 Å². The van der Waals surface area contributed by atoms with E-state index < -0.39 is 11.9 Å². The summed E-state index contributed by atoms with van der Waals surface area (Å²) in [6.07, 6.45) is 1.06. The molecular formula is C20H21NO4. The molecular weight excluding hydrogens is 318 g/mol. The molecule has 0 aliphatic heterocycles. The van der Waals surface area contributed by atoms with Gasteiger partial charge in [-0.1, -0.05) is 30.3 Å². The maximum absolute atomic E-state index is 11.8. The molecule has 130 valence electrons. The topological polar surface area (TPSA) is 64.6 Å². The Balaban J connectivity index is 2.23. The largest absolute Gasteiger partial charge is 0.466 e. The van der Waals surface area contributed by atoms with Crippen molar-refractivity contribution in [1.29, 1.82) is 0 Å². The highest BCUT2D eigenvalue weighted by Crippen LogP contribution is 2.24. The molecule has 0 heterocycles. The van der Waals surface area contributed by atoms with Crippen LogP contribution in [0.5, 0.6) is 0 Å². The van der Waals surface area contributed by atoms with Crippen LogP contribution in [0.15, 0.2) is 54.2 Å². The first-order chi connectivity index (χ1) is 11.9. The SMILES string of the molecule is COC(=O)/C=C(/Nc1ccc(-c2ccc(C)c(C)c2)cc1)C(=O)OC. The number of methoxy groups -OCH3 is 2. The van der Waals surface area contributed by atoms with Gasteiger partial charge in [0.05, 0.1) is 20.3 Å². The first-order valence-corrected chi connectivity index (χ1v) is 7.77. The van der Waals surface area contributed by atoms with Crippen LogP contribution in [0.4, 0.5) is 5.69 Å². The summed E-state index contributed by atoms with van der Waals surface area (Å²) < 4.78 is 9.22. The predicted octanol–water partition coefficient (Wildman–Crippen LogP) is 3.61. The van der Waals surface area contributed by atoms with E-state index in [1.54, 1.807) is 0 Å². The minimum absolute atomic E-state index is 0.00767. The second-order valence-electron chi connectivity index (χ2n) is 5.57. The maximum Gasteiger partial charge on any atom is 0.354 e. The van der Waals surface area contributed by atoms with Crippen LogP contribution in [0.1, 0.15) is 11.1 Å². The number of rotatable bonds is 5. The molecule has 0 spiro atoms. The monoisotopic (exact) mass is 339 g/mol. The molecule has 0 amide bonds. The van der Waals surface area contributed by atoms with Gasteiger partial charge in [0.1, 0.15) is 5.70 Å². The first kappa shape index (κ1) is 18.3. The van der Waals surface area contributed by atoms with E-state index in [0.29, 0.717) is 5.69 Å². The molecule has 0 saturated carbocycles. The molecule has 0 fully saturated rings. The molecule has 2 aromatic rings. The molecule has 1 N–H and O–H groups in total. The lowest BCUT2D eigenvalue weighted by Crippen LogP contribution is -2.15. The van der Waals surface area contributed by atoms with Gasteiger partial charge in [-0.2, -0.15) is 0 Å². The van der Waals surface area contributed by atoms with Gasteiger partial charge >= 0.3 is 11.9 Å². The van der Waals surface area contributed by atoms with Gasteiger partial charge in [-0.25, -0.2) is 9.59 Å². The number of carbonyl (C=O) groups is 2. The van der Waals surface area contributed by atoms with Gasteiger partial charge in [0.25, 0.3) is 0 Å². The Morgan fingerprint density at radius 1 is 0.880 bits per heavy atom. The molecule has 0 radical (unpaired) electrons. The van der Waals surface area contributed by atoms with E-state index in [1.165, 1.54) is 25.3 Å². The molecule has 0 bridgehead atoms. The summed E-state index contributed by atoms with van der Waals surface area (Å²) >= 11 is 0. The van der Waals surface area contributed by atoms with E-state index >= 15 is 0 Å². The van der Waals surface area contributed by atoms with E-state index in [2.05, 4.69) is 46.8 Å². The molecule has 2 rings (SSSR count). The van der Waals surface area contributed by atoms with Crippen LogP contribution in [0, 0.1) is 13.8 Å². The Kier molecular flexibility index (Phi) is 5.95. The third-order valence-corrected chi connectivity index (χ3v) is 3.87. The van der Waals surface area contributed by atoms with Gasteiger partial charge in [0.15, 0.2) is 0 Å². The van der Waals surface area contributed by atoms with Crippen LogP contribution >= 0.6 is 0 Å². The van der Waals surface area contributed by atoms with Crippen LogP contribution in [0.2, 0.25) is 0 Å². The lowest BCUT2D eigenvalue weighted by molar-refractivity contribution is -0.138. The summed E-state index contributed by atoms with van der Waals surface area (Å²) in [6.45, 7) is 4.16. The third-order valence-electron chi connectivity index (χ3n) is 3.87. The summed E-state index contributed by atoms with van der Waals surface area (Å²) in [4.78, 5) is 23.1. The number of aryl methyl sites for hydroxylation is 2. The Hall–Kier alpha value is -3.08. The second kappa shape index (κ2) is 8.15. The quantitative estimate of drug-likeness (QED) is 0.666. The maximum atomic E-state index is 11.8. The molecule has 0 aliphatic carbocycles. The van der Waals surface area contributed by atoms with Crippen molar-refractivity contribution in [3.8, 4) is 11.1 Å². The normalized spacial score (nSPS) is 11.0. The Bertz CT molecular complexity index is 807. The lowest BCUT2D eigenvalue weighted by Gasteiger charge is -2.10. The fourth-order valence-electron chi connectivity index (χ4n) is 2.26. The van der Waals surface area contributed by atoms with Crippen molar-refractivity contribution in [2.45, 2.75) is 13.8 Å². The van der Waals surface area contributed by atoms with Gasteiger partial charge in [-0.05, 0) is 48.2 Å². The predicted molar refractivity (Wildman–Crippen MR) is 97.1 cm³/mol. The Morgan fingerprint density at radius 2 is 1.52 bits per heavy atom. The van der Waals surface area contributed by atoms with Crippen LogP contribution in [0.3, 0.4) is 0 Å². The standard InChI is InChI=1S/C20H21NO4/c1-13-5-6-16(11-14(13)2)15-7-9-17(10-8-15)21-18(20(23)25-4)12-19(22)24-3/h5-12,21H,1-4H3/b18-12+. The molecule has 2 aromatic carbocycles. The summed E-state index contributed by atoms with van der Waals surface area (Å²) in [7, 11) is 2.49. The van der Waals surface area contributed by atoms with Crippen molar-refractivity contribution < 1.29 is 19.1 Å². The third kappa shape index (κ3) is 4.70. The number of ether oxygens (including phenoxy) is 2. The van der Waals surface area contributed by atoms with Crippen molar-refractivity contribution in [2.24, 2.45) is 0 Å². The number of hydrogen-bond acceptors (Lipinski definition) is 5. The van der Waals surface area contributed by atoms with Crippen molar-refractivity contribution in [3.05, 3.63) is 65.4 Å². The van der Waals surface area contributed by atoms with E-state index in [-0.39, 0.29) is 5.70 Å². The zero-order chi connectivity index (χ0) is 18.4. The number of esters is 2. The number of nitrogens with one attached hydrogen (secondary N) is 1. The summed E-state index contributed by atoms with van der Waals surface area (Å²) in [5.74, 6) is -1.29. The molecule has 0 aromatic heterocycles. The van der Waals surface area contributed by atoms with Gasteiger partial charge in [-0.3, -0.25) is 0 Å². The zero-order valence-electron chi connectivity index (χ0n) is 14.8. The van der Waals surface area contributed by atoms with E-state index in [4.69, 9.17) is 0 Å². The summed E-state index contributed by atoms with van der Waals surface area (Å²) in [5, 5.41) is 2.88. The van der Waals surface area contributed by atoms with E-state index in [1.807, 2.05) is 24.3 Å². The van der Waals surface area contributed by atoms with Crippen molar-refractivity contribution in [1.82, 2.24) is 0 Å². The van der Waals surface area contributed by atoms with Crippen LogP contribution in [0.25, 0.3) is 11.1 Å². The van der Waals surface area contributed by atoms with Crippen molar-refractivity contribution in [2.75, 3.05) is 19.5 Å². The summed E-state index contributed by atoms with van der Waals surface area (Å²) in [5.41, 5.74) is 5.32. The molecule has 0 atom stereocenters. The number of anilines is 1. The molecule has 0 unspecified atom stereocenters.